The average molecular weight is 520 g/mol. The number of rotatable bonds is 4. The van der Waals surface area contributed by atoms with Crippen LogP contribution in [0.2, 0.25) is 0 Å². The fraction of sp³-hybridized carbons (Fsp3) is 0.107. The summed E-state index contributed by atoms with van der Waals surface area (Å²) in [5.74, 6) is -4.53. The van der Waals surface area contributed by atoms with Gasteiger partial charge in [-0.2, -0.15) is 0 Å². The highest BCUT2D eigenvalue weighted by molar-refractivity contribution is 6.04. The lowest BCUT2D eigenvalue weighted by molar-refractivity contribution is -0.147. The van der Waals surface area contributed by atoms with Gasteiger partial charge in [0, 0.05) is 0 Å². The van der Waals surface area contributed by atoms with Crippen LogP contribution < -0.4 is 0 Å². The fourth-order valence-electron chi connectivity index (χ4n) is 3.65. The van der Waals surface area contributed by atoms with Gasteiger partial charge in [0.2, 0.25) is 5.76 Å². The number of aliphatic hydroxyl groups excluding tert-OH is 4. The maximum absolute atomic E-state index is 10.8. The molecule has 0 spiro atoms. The van der Waals surface area contributed by atoms with Gasteiger partial charge in [-0.3, -0.25) is 0 Å². The lowest BCUT2D eigenvalue weighted by atomic mass is 10.1. The summed E-state index contributed by atoms with van der Waals surface area (Å²) >= 11 is 0. The Morgan fingerprint density at radius 1 is 0.737 bits per heavy atom. The van der Waals surface area contributed by atoms with Crippen molar-refractivity contribution in [2.45, 2.75) is 12.2 Å². The van der Waals surface area contributed by atoms with Crippen molar-refractivity contribution in [3.8, 4) is 0 Å². The van der Waals surface area contributed by atoms with Crippen LogP contribution in [0.5, 0.6) is 0 Å². The first kappa shape index (κ1) is 27.7. The molecule has 0 saturated heterocycles. The van der Waals surface area contributed by atoms with Crippen molar-refractivity contribution in [2.75, 3.05) is 6.61 Å². The van der Waals surface area contributed by atoms with Gasteiger partial charge in [-0.15, -0.1) is 0 Å². The number of aromatic carboxylic acids is 2. The van der Waals surface area contributed by atoms with E-state index >= 15 is 0 Å². The molecule has 1 heterocycles. The Morgan fingerprint density at radius 3 is 1.53 bits per heavy atom. The number of hydrogen-bond donors (Lipinski definition) is 6. The Kier molecular flexibility index (Phi) is 8.99. The topological polar surface area (TPSA) is 182 Å². The van der Waals surface area contributed by atoms with Crippen LogP contribution in [0, 0.1) is 0 Å². The minimum absolute atomic E-state index is 0.359. The molecule has 38 heavy (non-hydrogen) atoms. The summed E-state index contributed by atoms with van der Waals surface area (Å²) in [7, 11) is 0. The molecular weight excluding hydrogens is 496 g/mol. The van der Waals surface area contributed by atoms with E-state index in [1.54, 1.807) is 24.3 Å². The van der Waals surface area contributed by atoms with Gasteiger partial charge in [0.15, 0.2) is 11.9 Å². The largest absolute Gasteiger partial charge is 0.505 e. The molecule has 196 valence electrons. The number of carbonyl (C=O) groups is 3. The maximum Gasteiger partial charge on any atom is 0.377 e. The Hall–Kier alpha value is -4.93. The fourth-order valence-corrected chi connectivity index (χ4v) is 3.65. The van der Waals surface area contributed by atoms with E-state index in [0.717, 1.165) is 21.5 Å². The normalized spacial score (nSPS) is 15.1. The summed E-state index contributed by atoms with van der Waals surface area (Å²) < 4.78 is 4.32. The predicted octanol–water partition coefficient (Wildman–Crippen LogP) is 3.67. The number of esters is 1. The molecule has 0 unspecified atom stereocenters. The molecule has 6 N–H and O–H groups in total. The molecule has 0 saturated carbocycles. The Balaban J connectivity index is 0.000000158. The first-order valence-electron chi connectivity index (χ1n) is 11.2. The third-order valence-electron chi connectivity index (χ3n) is 5.52. The van der Waals surface area contributed by atoms with Gasteiger partial charge in [-0.1, -0.05) is 72.8 Å². The average Bonchev–Trinajstić information content (AvgIpc) is 3.19. The Bertz CT molecular complexity index is 1410. The van der Waals surface area contributed by atoms with Gasteiger partial charge in [0.25, 0.3) is 0 Å². The van der Waals surface area contributed by atoms with Gasteiger partial charge >= 0.3 is 17.9 Å². The standard InChI is InChI=1S/2C11H8O2.C6H8O6/c2*12-11(13)10-7-3-5-8-4-1-2-6-9(8)10;7-1-2(8)5-3(9)4(10)6(11)12-5/h2*1-7H,(H,12,13);2,5,7-10H,1H2/t;;2-,5+/m..0/s1. The van der Waals surface area contributed by atoms with Crippen molar-refractivity contribution in [2.24, 2.45) is 0 Å². The molecule has 1 aliphatic rings. The quantitative estimate of drug-likeness (QED) is 0.217. The zero-order valence-electron chi connectivity index (χ0n) is 19.8. The van der Waals surface area contributed by atoms with Crippen molar-refractivity contribution in [1.82, 2.24) is 0 Å². The first-order valence-corrected chi connectivity index (χ1v) is 11.2. The van der Waals surface area contributed by atoms with Crippen LogP contribution in [0.25, 0.3) is 21.5 Å². The molecule has 0 aromatic heterocycles. The summed E-state index contributed by atoms with van der Waals surface area (Å²) in [6.45, 7) is -0.671. The van der Waals surface area contributed by atoms with Crippen LogP contribution in [0.15, 0.2) is 96.4 Å². The number of carboxylic acid groups (broad SMARTS) is 2. The highest BCUT2D eigenvalue weighted by Gasteiger charge is 2.38. The van der Waals surface area contributed by atoms with Gasteiger partial charge in [-0.25, -0.2) is 14.4 Å². The van der Waals surface area contributed by atoms with E-state index in [1.807, 2.05) is 60.7 Å². The highest BCUT2D eigenvalue weighted by Crippen LogP contribution is 2.21. The highest BCUT2D eigenvalue weighted by atomic mass is 16.6. The third kappa shape index (κ3) is 6.25. The summed E-state index contributed by atoms with van der Waals surface area (Å²) in [4.78, 5) is 32.2. The molecule has 4 aromatic carbocycles. The molecule has 0 aliphatic carbocycles. The van der Waals surface area contributed by atoms with E-state index < -0.39 is 48.2 Å². The summed E-state index contributed by atoms with van der Waals surface area (Å²) in [6.07, 6.45) is -2.78. The van der Waals surface area contributed by atoms with E-state index in [1.165, 1.54) is 0 Å². The smallest absolute Gasteiger partial charge is 0.377 e. The second-order valence-electron chi connectivity index (χ2n) is 7.97. The van der Waals surface area contributed by atoms with Crippen LogP contribution in [0.1, 0.15) is 20.7 Å². The molecule has 10 heteroatoms. The molecular formula is C28H24O10. The molecule has 1 aliphatic heterocycles. The molecule has 0 bridgehead atoms. The van der Waals surface area contributed by atoms with Crippen molar-refractivity contribution >= 4 is 39.5 Å². The van der Waals surface area contributed by atoms with Crippen LogP contribution >= 0.6 is 0 Å². The van der Waals surface area contributed by atoms with E-state index in [9.17, 15) is 14.4 Å². The van der Waals surface area contributed by atoms with Gasteiger partial charge in [-0.05, 0) is 33.7 Å². The SMILES string of the molecule is O=C(O)c1cccc2ccccc12.O=C(O)c1cccc2ccccc12.O=C1O[C@H]([C@@H](O)CO)C(O)=C1O. The molecule has 0 amide bonds. The number of aliphatic hydroxyl groups is 4. The number of carboxylic acids is 2. The second-order valence-corrected chi connectivity index (χ2v) is 7.97. The van der Waals surface area contributed by atoms with Gasteiger partial charge in [0.05, 0.1) is 17.7 Å². The van der Waals surface area contributed by atoms with E-state index in [0.29, 0.717) is 11.1 Å². The van der Waals surface area contributed by atoms with Crippen molar-refractivity contribution in [1.29, 1.82) is 0 Å². The summed E-state index contributed by atoms with van der Waals surface area (Å²) in [5.41, 5.74) is 0.719. The molecule has 5 rings (SSSR count). The van der Waals surface area contributed by atoms with Crippen molar-refractivity contribution in [3.05, 3.63) is 108 Å². The number of ether oxygens (including phenoxy) is 1. The van der Waals surface area contributed by atoms with Gasteiger partial charge < -0.3 is 35.4 Å². The molecule has 4 aromatic rings. The molecule has 0 radical (unpaired) electrons. The van der Waals surface area contributed by atoms with Crippen LogP contribution in [0.3, 0.4) is 0 Å². The van der Waals surface area contributed by atoms with E-state index in [4.69, 9.17) is 30.6 Å². The van der Waals surface area contributed by atoms with E-state index in [2.05, 4.69) is 4.74 Å². The second kappa shape index (κ2) is 12.3. The summed E-state index contributed by atoms with van der Waals surface area (Å²) in [6, 6.07) is 25.5. The van der Waals surface area contributed by atoms with E-state index in [-0.39, 0.29) is 0 Å². The number of benzene rings is 4. The number of hydrogen-bond acceptors (Lipinski definition) is 8. The van der Waals surface area contributed by atoms with Crippen molar-refractivity contribution < 1.29 is 49.8 Å². The third-order valence-corrected chi connectivity index (χ3v) is 5.52. The molecule has 0 fully saturated rings. The maximum atomic E-state index is 10.8. The minimum atomic E-state index is -1.42. The lowest BCUT2D eigenvalue weighted by Gasteiger charge is -2.13. The van der Waals surface area contributed by atoms with Crippen molar-refractivity contribution in [3.63, 3.8) is 0 Å². The lowest BCUT2D eigenvalue weighted by Crippen LogP contribution is -2.31. The zero-order valence-corrected chi connectivity index (χ0v) is 19.8. The number of fused-ring (bicyclic) bond motifs is 2. The monoisotopic (exact) mass is 520 g/mol. The molecule has 2 atom stereocenters. The predicted molar refractivity (Wildman–Crippen MR) is 137 cm³/mol. The summed E-state index contributed by atoms with van der Waals surface area (Å²) in [5, 5.41) is 56.3. The number of carbonyl (C=O) groups excluding carboxylic acids is 1. The van der Waals surface area contributed by atoms with Crippen LogP contribution in [-0.4, -0.2) is 67.4 Å². The Labute approximate surface area is 215 Å². The zero-order chi connectivity index (χ0) is 27.8. The van der Waals surface area contributed by atoms with Gasteiger partial charge in [0.1, 0.15) is 6.10 Å². The minimum Gasteiger partial charge on any atom is -0.505 e. The van der Waals surface area contributed by atoms with Crippen LogP contribution in [-0.2, 0) is 9.53 Å². The number of cyclic esters (lactones) is 1. The Morgan fingerprint density at radius 2 is 1.16 bits per heavy atom. The molecule has 10 nitrogen and oxygen atoms in total. The van der Waals surface area contributed by atoms with Crippen LogP contribution in [0.4, 0.5) is 0 Å². The first-order chi connectivity index (χ1) is 18.1.